The summed E-state index contributed by atoms with van der Waals surface area (Å²) >= 11 is 0. The Labute approximate surface area is 380 Å². The van der Waals surface area contributed by atoms with Gasteiger partial charge in [-0.2, -0.15) is 0 Å². The average Bonchev–Trinajstić information content (AvgIpc) is 3.87. The van der Waals surface area contributed by atoms with Crippen LogP contribution in [-0.4, -0.2) is 16.2 Å². The lowest BCUT2D eigenvalue weighted by Gasteiger charge is -2.34. The molecule has 5 heteroatoms. The number of ether oxygens (including phenoxy) is 1. The molecular formula is C59H62N4O. The van der Waals surface area contributed by atoms with Crippen LogP contribution in [0.15, 0.2) is 170 Å². The van der Waals surface area contributed by atoms with Crippen molar-refractivity contribution in [1.29, 1.82) is 0 Å². The van der Waals surface area contributed by atoms with Crippen LogP contribution < -0.4 is 14.5 Å². The predicted molar refractivity (Wildman–Crippen MR) is 270 cm³/mol. The zero-order valence-electron chi connectivity index (χ0n) is 39.5. The molecule has 8 aromatic rings. The number of fused-ring (bicyclic) bond motifs is 3. The number of anilines is 2. The van der Waals surface area contributed by atoms with E-state index in [0.29, 0.717) is 6.67 Å². The first-order valence-corrected chi connectivity index (χ1v) is 22.7. The molecule has 0 bridgehead atoms. The van der Waals surface area contributed by atoms with Gasteiger partial charge in [-0.3, -0.25) is 4.57 Å². The molecule has 0 unspecified atom stereocenters. The molecule has 0 fully saturated rings. The Morgan fingerprint density at radius 1 is 0.469 bits per heavy atom. The third-order valence-electron chi connectivity index (χ3n) is 13.0. The molecule has 0 amide bonds. The Morgan fingerprint density at radius 2 is 1.14 bits per heavy atom. The number of nitrogens with zero attached hydrogens (tertiary/aromatic N) is 4. The molecule has 6 aromatic carbocycles. The fourth-order valence-electron chi connectivity index (χ4n) is 9.01. The van der Waals surface area contributed by atoms with Gasteiger partial charge >= 0.3 is 0 Å². The summed E-state index contributed by atoms with van der Waals surface area (Å²) in [5.74, 6) is 2.45. The average molecular weight is 843 g/mol. The Balaban J connectivity index is 1.12. The second-order valence-corrected chi connectivity index (χ2v) is 21.2. The first-order valence-electron chi connectivity index (χ1n) is 22.7. The van der Waals surface area contributed by atoms with Gasteiger partial charge in [-0.1, -0.05) is 155 Å². The number of hydrogen-bond donors (Lipinski definition) is 0. The van der Waals surface area contributed by atoms with Gasteiger partial charge in [0, 0.05) is 57.8 Å². The minimum absolute atomic E-state index is 0.0143. The van der Waals surface area contributed by atoms with E-state index >= 15 is 0 Å². The molecule has 324 valence electrons. The normalized spacial score (nSPS) is 13.8. The van der Waals surface area contributed by atoms with Crippen molar-refractivity contribution in [1.82, 2.24) is 9.55 Å². The fourth-order valence-corrected chi connectivity index (χ4v) is 9.01. The van der Waals surface area contributed by atoms with Crippen LogP contribution in [0.3, 0.4) is 0 Å². The highest BCUT2D eigenvalue weighted by molar-refractivity contribution is 6.09. The third kappa shape index (κ3) is 8.20. The highest BCUT2D eigenvalue weighted by Crippen LogP contribution is 2.44. The lowest BCUT2D eigenvalue weighted by Crippen LogP contribution is -2.33. The number of pyridine rings is 1. The van der Waals surface area contributed by atoms with Crippen molar-refractivity contribution in [3.05, 3.63) is 192 Å². The molecule has 0 radical (unpaired) electrons. The molecule has 2 aromatic heterocycles. The van der Waals surface area contributed by atoms with Crippen molar-refractivity contribution >= 4 is 33.2 Å². The van der Waals surface area contributed by atoms with E-state index in [-0.39, 0.29) is 21.7 Å². The maximum atomic E-state index is 6.87. The van der Waals surface area contributed by atoms with Gasteiger partial charge in [-0.15, -0.1) is 0 Å². The van der Waals surface area contributed by atoms with E-state index in [1.165, 1.54) is 55.5 Å². The van der Waals surface area contributed by atoms with E-state index in [4.69, 9.17) is 9.72 Å². The topological polar surface area (TPSA) is 33.5 Å². The molecule has 0 atom stereocenters. The zero-order chi connectivity index (χ0) is 45.2. The molecule has 1 aliphatic rings. The standard InChI is InChI=1S/C59H62N4O/c1-56(2,3)43-25-28-52-51(34-43)50-27-26-49(37-53(50)63(52)55-35-44(29-30-60-55)57(4,5)6)64-48-24-18-23-46(36-48)62-39-61(38-54(62)59(10,11)42-21-16-13-17-22-42)47-32-41(40-19-14-12-15-20-40)31-45(33-47)58(7,8)9/h12-38H,39H2,1-11H3. The molecule has 0 N–H and O–H groups in total. The molecule has 3 heterocycles. The summed E-state index contributed by atoms with van der Waals surface area (Å²) in [6.45, 7) is 25.8. The highest BCUT2D eigenvalue weighted by Gasteiger charge is 2.36. The second-order valence-electron chi connectivity index (χ2n) is 21.2. The van der Waals surface area contributed by atoms with Gasteiger partial charge in [-0.05, 0) is 110 Å². The SMILES string of the molecule is CC(C)(C)c1cc(-c2ccccc2)cc(N2C=C(C(C)(C)c3ccccc3)N(c3cccc(Oc4ccc5c6cc(C(C)(C)C)ccc6n(-c6cc(C(C)(C)C)ccn6)c5c4)c3)C2)c1. The Morgan fingerprint density at radius 3 is 1.84 bits per heavy atom. The van der Waals surface area contributed by atoms with Crippen LogP contribution in [0, 0.1) is 0 Å². The summed E-state index contributed by atoms with van der Waals surface area (Å²) in [5, 5.41) is 2.38. The first kappa shape index (κ1) is 42.7. The van der Waals surface area contributed by atoms with Crippen LogP contribution in [0.2, 0.25) is 0 Å². The Hall–Kier alpha value is -6.59. The van der Waals surface area contributed by atoms with E-state index < -0.39 is 0 Å². The number of benzene rings is 6. The zero-order valence-corrected chi connectivity index (χ0v) is 39.5. The largest absolute Gasteiger partial charge is 0.457 e. The third-order valence-corrected chi connectivity index (χ3v) is 13.0. The van der Waals surface area contributed by atoms with Gasteiger partial charge in [0.05, 0.1) is 17.7 Å². The van der Waals surface area contributed by atoms with Gasteiger partial charge in [0.1, 0.15) is 17.3 Å². The molecule has 0 saturated carbocycles. The molecule has 64 heavy (non-hydrogen) atoms. The summed E-state index contributed by atoms with van der Waals surface area (Å²) in [5.41, 5.74) is 12.8. The number of allylic oxidation sites excluding steroid dienone is 1. The van der Waals surface area contributed by atoms with Crippen molar-refractivity contribution in [2.45, 2.75) is 97.8 Å². The minimum atomic E-state index is -0.305. The summed E-state index contributed by atoms with van der Waals surface area (Å²) in [7, 11) is 0. The Kier molecular flexibility index (Phi) is 10.6. The van der Waals surface area contributed by atoms with Gasteiger partial charge in [0.25, 0.3) is 0 Å². The van der Waals surface area contributed by atoms with Crippen LogP contribution in [0.5, 0.6) is 11.5 Å². The second kappa shape index (κ2) is 15.9. The molecule has 5 nitrogen and oxygen atoms in total. The monoisotopic (exact) mass is 842 g/mol. The van der Waals surface area contributed by atoms with Gasteiger partial charge in [0.15, 0.2) is 0 Å². The van der Waals surface area contributed by atoms with Crippen LogP contribution >= 0.6 is 0 Å². The first-order chi connectivity index (χ1) is 30.3. The quantitative estimate of drug-likeness (QED) is 0.153. The maximum Gasteiger partial charge on any atom is 0.137 e. The van der Waals surface area contributed by atoms with Crippen molar-refractivity contribution < 1.29 is 4.74 Å². The van der Waals surface area contributed by atoms with E-state index in [1.54, 1.807) is 0 Å². The van der Waals surface area contributed by atoms with Crippen molar-refractivity contribution in [3.63, 3.8) is 0 Å². The summed E-state index contributed by atoms with van der Waals surface area (Å²) < 4.78 is 9.17. The van der Waals surface area contributed by atoms with Gasteiger partial charge in [-0.25, -0.2) is 4.98 Å². The lowest BCUT2D eigenvalue weighted by molar-refractivity contribution is 0.483. The highest BCUT2D eigenvalue weighted by atomic mass is 16.5. The molecule has 0 saturated heterocycles. The van der Waals surface area contributed by atoms with Crippen molar-refractivity contribution in [2.24, 2.45) is 0 Å². The smallest absolute Gasteiger partial charge is 0.137 e. The van der Waals surface area contributed by atoms with E-state index in [0.717, 1.165) is 34.0 Å². The fraction of sp³-hybridized carbons (Fsp3) is 0.271. The maximum absolute atomic E-state index is 6.87. The number of rotatable bonds is 8. The van der Waals surface area contributed by atoms with Crippen LogP contribution in [0.25, 0.3) is 38.8 Å². The predicted octanol–water partition coefficient (Wildman–Crippen LogP) is 15.6. The van der Waals surface area contributed by atoms with E-state index in [9.17, 15) is 0 Å². The summed E-state index contributed by atoms with van der Waals surface area (Å²) in [4.78, 5) is 9.82. The summed E-state index contributed by atoms with van der Waals surface area (Å²) in [6.07, 6.45) is 4.30. The molecule has 1 aliphatic heterocycles. The Bertz CT molecular complexity index is 3030. The van der Waals surface area contributed by atoms with Crippen molar-refractivity contribution in [2.75, 3.05) is 16.5 Å². The van der Waals surface area contributed by atoms with E-state index in [1.807, 2.05) is 6.20 Å². The molecule has 0 spiro atoms. The van der Waals surface area contributed by atoms with Crippen LogP contribution in [0.4, 0.5) is 11.4 Å². The van der Waals surface area contributed by atoms with Crippen LogP contribution in [0.1, 0.15) is 98.4 Å². The summed E-state index contributed by atoms with van der Waals surface area (Å²) in [6, 6.07) is 54.9. The molecule has 9 rings (SSSR count). The number of hydrogen-bond acceptors (Lipinski definition) is 4. The number of aromatic nitrogens is 2. The van der Waals surface area contributed by atoms with Gasteiger partial charge in [0.2, 0.25) is 0 Å². The van der Waals surface area contributed by atoms with E-state index in [2.05, 4.69) is 248 Å². The van der Waals surface area contributed by atoms with Crippen LogP contribution in [-0.2, 0) is 21.7 Å². The van der Waals surface area contributed by atoms with Crippen molar-refractivity contribution in [3.8, 4) is 28.4 Å². The molecular weight excluding hydrogens is 781 g/mol. The van der Waals surface area contributed by atoms with Gasteiger partial charge < -0.3 is 14.5 Å². The minimum Gasteiger partial charge on any atom is -0.457 e. The molecule has 0 aliphatic carbocycles. The lowest BCUT2D eigenvalue weighted by atomic mass is 9.81.